The second kappa shape index (κ2) is 8.88. The van der Waals surface area contributed by atoms with Gasteiger partial charge in [-0.1, -0.05) is 42.5 Å². The Kier molecular flexibility index (Phi) is 5.86. The molecule has 29 heavy (non-hydrogen) atoms. The molecule has 0 saturated heterocycles. The van der Waals surface area contributed by atoms with Gasteiger partial charge >= 0.3 is 0 Å². The zero-order chi connectivity index (χ0) is 20.1. The van der Waals surface area contributed by atoms with Crippen LogP contribution in [0.4, 0.5) is 5.69 Å². The second-order valence-electron chi connectivity index (χ2n) is 6.81. The number of carbonyl (C=O) groups is 1. The fourth-order valence-corrected chi connectivity index (χ4v) is 4.26. The van der Waals surface area contributed by atoms with E-state index in [0.29, 0.717) is 12.8 Å². The van der Waals surface area contributed by atoms with Crippen LogP contribution in [0.15, 0.2) is 72.8 Å². The lowest BCUT2D eigenvalue weighted by Gasteiger charge is -2.09. The summed E-state index contributed by atoms with van der Waals surface area (Å²) in [6.45, 7) is 0. The first-order valence-electron chi connectivity index (χ1n) is 9.56. The van der Waals surface area contributed by atoms with Gasteiger partial charge in [-0.2, -0.15) is 0 Å². The maximum Gasteiger partial charge on any atom is 0.224 e. The molecule has 146 valence electrons. The number of anilines is 1. The normalized spacial score (nSPS) is 10.8. The van der Waals surface area contributed by atoms with Crippen molar-refractivity contribution in [1.29, 1.82) is 0 Å². The molecule has 5 heteroatoms. The molecule has 0 aliphatic carbocycles. The van der Waals surface area contributed by atoms with Crippen molar-refractivity contribution >= 4 is 33.1 Å². The van der Waals surface area contributed by atoms with Crippen molar-refractivity contribution < 1.29 is 9.53 Å². The van der Waals surface area contributed by atoms with Crippen LogP contribution in [-0.4, -0.2) is 18.0 Å². The topological polar surface area (TPSA) is 51.2 Å². The van der Waals surface area contributed by atoms with Crippen LogP contribution in [0.3, 0.4) is 0 Å². The molecule has 0 radical (unpaired) electrons. The zero-order valence-electron chi connectivity index (χ0n) is 16.2. The van der Waals surface area contributed by atoms with Gasteiger partial charge in [0.15, 0.2) is 0 Å². The van der Waals surface area contributed by atoms with Crippen LogP contribution in [-0.2, 0) is 17.6 Å². The van der Waals surface area contributed by atoms with Gasteiger partial charge in [-0.05, 0) is 47.9 Å². The highest BCUT2D eigenvalue weighted by molar-refractivity contribution is 7.18. The van der Waals surface area contributed by atoms with Crippen LogP contribution in [0.5, 0.6) is 5.75 Å². The smallest absolute Gasteiger partial charge is 0.224 e. The van der Waals surface area contributed by atoms with Crippen molar-refractivity contribution in [3.8, 4) is 5.75 Å². The fraction of sp³-hybridized carbons (Fsp3) is 0.167. The van der Waals surface area contributed by atoms with Gasteiger partial charge in [-0.25, -0.2) is 4.98 Å². The molecule has 0 unspecified atom stereocenters. The van der Waals surface area contributed by atoms with Crippen LogP contribution in [0, 0.1) is 0 Å². The molecule has 0 aliphatic heterocycles. The molecule has 4 nitrogen and oxygen atoms in total. The Bertz CT molecular complexity index is 1090. The van der Waals surface area contributed by atoms with Gasteiger partial charge in [-0.15, -0.1) is 11.3 Å². The molecule has 0 saturated carbocycles. The third-order valence-electron chi connectivity index (χ3n) is 4.75. The van der Waals surface area contributed by atoms with E-state index < -0.39 is 0 Å². The number of nitrogens with one attached hydrogen (secondary N) is 1. The van der Waals surface area contributed by atoms with Gasteiger partial charge < -0.3 is 10.1 Å². The number of hydrogen-bond donors (Lipinski definition) is 1. The van der Waals surface area contributed by atoms with E-state index in [1.165, 1.54) is 10.3 Å². The summed E-state index contributed by atoms with van der Waals surface area (Å²) < 4.78 is 6.55. The van der Waals surface area contributed by atoms with Crippen molar-refractivity contribution in [2.75, 3.05) is 12.4 Å². The van der Waals surface area contributed by atoms with E-state index in [2.05, 4.69) is 16.4 Å². The molecule has 1 N–H and O–H groups in total. The van der Waals surface area contributed by atoms with Gasteiger partial charge in [0.2, 0.25) is 5.91 Å². The lowest BCUT2D eigenvalue weighted by molar-refractivity contribution is -0.116. The number of methoxy groups -OCH3 is 1. The molecule has 4 aromatic rings. The van der Waals surface area contributed by atoms with Crippen molar-refractivity contribution in [2.24, 2.45) is 0 Å². The zero-order valence-corrected chi connectivity index (χ0v) is 17.0. The number of amides is 1. The number of rotatable bonds is 7. The van der Waals surface area contributed by atoms with Crippen molar-refractivity contribution in [2.45, 2.75) is 19.3 Å². The summed E-state index contributed by atoms with van der Waals surface area (Å²) in [6.07, 6.45) is 1.85. The van der Waals surface area contributed by atoms with E-state index in [0.717, 1.165) is 33.9 Å². The lowest BCUT2D eigenvalue weighted by Crippen LogP contribution is -2.12. The van der Waals surface area contributed by atoms with E-state index in [-0.39, 0.29) is 5.91 Å². The van der Waals surface area contributed by atoms with Crippen molar-refractivity contribution in [3.05, 3.63) is 88.9 Å². The highest BCUT2D eigenvalue weighted by atomic mass is 32.1. The first-order chi connectivity index (χ1) is 14.2. The highest BCUT2D eigenvalue weighted by Crippen LogP contribution is 2.24. The van der Waals surface area contributed by atoms with E-state index in [1.54, 1.807) is 18.4 Å². The lowest BCUT2D eigenvalue weighted by atomic mass is 10.1. The minimum absolute atomic E-state index is 0.00479. The maximum atomic E-state index is 12.3. The number of carbonyl (C=O) groups excluding carboxylic acids is 1. The molecule has 3 aromatic carbocycles. The molecule has 1 heterocycles. The summed E-state index contributed by atoms with van der Waals surface area (Å²) in [4.78, 5) is 17.0. The number of hydrogen-bond acceptors (Lipinski definition) is 4. The maximum absolute atomic E-state index is 12.3. The predicted molar refractivity (Wildman–Crippen MR) is 119 cm³/mol. The van der Waals surface area contributed by atoms with E-state index in [1.807, 2.05) is 66.7 Å². The Morgan fingerprint density at radius 3 is 2.55 bits per heavy atom. The summed E-state index contributed by atoms with van der Waals surface area (Å²) in [5, 5.41) is 4.07. The summed E-state index contributed by atoms with van der Waals surface area (Å²) in [6, 6.07) is 24.0. The molecule has 0 fully saturated rings. The molecular formula is C24H22N2O2S. The van der Waals surface area contributed by atoms with E-state index in [9.17, 15) is 4.79 Å². The van der Waals surface area contributed by atoms with Gasteiger partial charge in [0, 0.05) is 18.5 Å². The number of para-hydroxylation sites is 2. The minimum atomic E-state index is -0.00479. The Labute approximate surface area is 174 Å². The van der Waals surface area contributed by atoms with Gasteiger partial charge in [0.1, 0.15) is 5.75 Å². The molecule has 0 spiro atoms. The molecule has 0 atom stereocenters. The standard InChI is InChI=1S/C24H22N2O2S/c1-28-21-8-4-2-6-18(21)12-15-23(27)25-19-13-10-17(11-14-19)16-24-26-20-7-3-5-9-22(20)29-24/h2-11,13-14H,12,15-16H2,1H3,(H,25,27). The van der Waals surface area contributed by atoms with Crippen LogP contribution >= 0.6 is 11.3 Å². The summed E-state index contributed by atoms with van der Waals surface area (Å²) in [5.74, 6) is 0.814. The monoisotopic (exact) mass is 402 g/mol. The molecule has 1 aromatic heterocycles. The molecule has 4 rings (SSSR count). The SMILES string of the molecule is COc1ccccc1CCC(=O)Nc1ccc(Cc2nc3ccccc3s2)cc1. The molecule has 0 aliphatic rings. The number of benzene rings is 3. The Morgan fingerprint density at radius 1 is 1.00 bits per heavy atom. The van der Waals surface area contributed by atoms with Crippen LogP contribution in [0.25, 0.3) is 10.2 Å². The third kappa shape index (κ3) is 4.81. The van der Waals surface area contributed by atoms with Crippen LogP contribution < -0.4 is 10.1 Å². The largest absolute Gasteiger partial charge is 0.496 e. The van der Waals surface area contributed by atoms with E-state index >= 15 is 0 Å². The summed E-state index contributed by atoms with van der Waals surface area (Å²) >= 11 is 1.72. The fourth-order valence-electron chi connectivity index (χ4n) is 3.26. The molecular weight excluding hydrogens is 380 g/mol. The Morgan fingerprint density at radius 2 is 1.76 bits per heavy atom. The Hall–Kier alpha value is -3.18. The highest BCUT2D eigenvalue weighted by Gasteiger charge is 2.08. The van der Waals surface area contributed by atoms with Crippen LogP contribution in [0.2, 0.25) is 0 Å². The summed E-state index contributed by atoms with van der Waals surface area (Å²) in [7, 11) is 1.65. The van der Waals surface area contributed by atoms with Crippen molar-refractivity contribution in [3.63, 3.8) is 0 Å². The number of aryl methyl sites for hydroxylation is 1. The minimum Gasteiger partial charge on any atom is -0.496 e. The Balaban J connectivity index is 1.33. The predicted octanol–water partition coefficient (Wildman–Crippen LogP) is 5.47. The average Bonchev–Trinajstić information content (AvgIpc) is 3.16. The number of nitrogens with zero attached hydrogens (tertiary/aromatic N) is 1. The second-order valence-corrected chi connectivity index (χ2v) is 7.92. The molecule has 0 bridgehead atoms. The van der Waals surface area contributed by atoms with Gasteiger partial charge in [-0.3, -0.25) is 4.79 Å². The molecule has 1 amide bonds. The quantitative estimate of drug-likeness (QED) is 0.446. The number of fused-ring (bicyclic) bond motifs is 1. The third-order valence-corrected chi connectivity index (χ3v) is 5.78. The van der Waals surface area contributed by atoms with E-state index in [4.69, 9.17) is 4.74 Å². The van der Waals surface area contributed by atoms with Crippen molar-refractivity contribution in [1.82, 2.24) is 4.98 Å². The number of thiazole rings is 1. The van der Waals surface area contributed by atoms with Crippen LogP contribution in [0.1, 0.15) is 22.6 Å². The van der Waals surface area contributed by atoms with Gasteiger partial charge in [0.25, 0.3) is 0 Å². The first kappa shape index (κ1) is 19.2. The first-order valence-corrected chi connectivity index (χ1v) is 10.4. The number of ether oxygens (including phenoxy) is 1. The van der Waals surface area contributed by atoms with Gasteiger partial charge in [0.05, 0.1) is 22.3 Å². The summed E-state index contributed by atoms with van der Waals surface area (Å²) in [5.41, 5.74) is 4.07. The number of aromatic nitrogens is 1. The average molecular weight is 403 g/mol.